The van der Waals surface area contributed by atoms with Gasteiger partial charge in [0.2, 0.25) is 11.1 Å². The van der Waals surface area contributed by atoms with Crippen LogP contribution in [-0.2, 0) is 4.79 Å². The molecule has 0 unspecified atom stereocenters. The Labute approximate surface area is 123 Å². The Morgan fingerprint density at radius 1 is 1.45 bits per heavy atom. The summed E-state index contributed by atoms with van der Waals surface area (Å²) in [7, 11) is 0. The van der Waals surface area contributed by atoms with Gasteiger partial charge < -0.3 is 11.2 Å². The quantitative estimate of drug-likeness (QED) is 0.649. The van der Waals surface area contributed by atoms with Crippen LogP contribution in [0.15, 0.2) is 5.16 Å². The first-order valence-electron chi connectivity index (χ1n) is 7.13. The zero-order chi connectivity index (χ0) is 14.7. The molecule has 0 radical (unpaired) electrons. The lowest BCUT2D eigenvalue weighted by Gasteiger charge is -2.30. The Morgan fingerprint density at radius 2 is 2.15 bits per heavy atom. The second-order valence-electron chi connectivity index (χ2n) is 5.54. The van der Waals surface area contributed by atoms with Crippen LogP contribution < -0.4 is 11.2 Å². The van der Waals surface area contributed by atoms with E-state index < -0.39 is 0 Å². The van der Waals surface area contributed by atoms with Gasteiger partial charge in [0.05, 0.1) is 5.25 Å². The van der Waals surface area contributed by atoms with E-state index >= 15 is 0 Å². The van der Waals surface area contributed by atoms with Crippen molar-refractivity contribution in [2.45, 2.75) is 62.9 Å². The molecule has 0 aromatic carbocycles. The molecular weight excluding hydrogens is 274 g/mol. The second-order valence-corrected chi connectivity index (χ2v) is 6.84. The van der Waals surface area contributed by atoms with Gasteiger partial charge in [-0.05, 0) is 32.6 Å². The fourth-order valence-corrected chi connectivity index (χ4v) is 3.30. The average molecular weight is 297 g/mol. The van der Waals surface area contributed by atoms with Crippen LogP contribution in [-0.4, -0.2) is 32.1 Å². The third kappa shape index (κ3) is 3.45. The number of hydrogen-bond donors (Lipinski definition) is 2. The molecule has 1 heterocycles. The summed E-state index contributed by atoms with van der Waals surface area (Å²) >= 11 is 1.34. The first-order valence-corrected chi connectivity index (χ1v) is 8.01. The van der Waals surface area contributed by atoms with E-state index in [4.69, 9.17) is 5.84 Å². The predicted octanol–water partition coefficient (Wildman–Crippen LogP) is 1.48. The molecule has 112 valence electrons. The smallest absolute Gasteiger partial charge is 0.233 e. The average Bonchev–Trinajstić information content (AvgIpc) is 2.73. The van der Waals surface area contributed by atoms with Crippen molar-refractivity contribution >= 4 is 17.7 Å². The van der Waals surface area contributed by atoms with Gasteiger partial charge in [-0.25, -0.2) is 4.68 Å². The molecule has 7 heteroatoms. The number of carbonyl (C=O) groups is 1. The highest BCUT2D eigenvalue weighted by Gasteiger charge is 2.26. The lowest BCUT2D eigenvalue weighted by molar-refractivity contribution is -0.121. The van der Waals surface area contributed by atoms with Crippen LogP contribution >= 0.6 is 11.8 Å². The third-order valence-corrected chi connectivity index (χ3v) is 4.98. The summed E-state index contributed by atoms with van der Waals surface area (Å²) in [6.07, 6.45) is 4.75. The first kappa shape index (κ1) is 15.2. The van der Waals surface area contributed by atoms with Gasteiger partial charge in [0.15, 0.2) is 0 Å². The molecule has 2 rings (SSSR count). The summed E-state index contributed by atoms with van der Waals surface area (Å²) in [5.41, 5.74) is 0. The number of hydrogen-bond acceptors (Lipinski definition) is 5. The van der Waals surface area contributed by atoms with E-state index in [2.05, 4.69) is 22.4 Å². The van der Waals surface area contributed by atoms with Crippen LogP contribution in [0.1, 0.15) is 45.4 Å². The molecule has 1 aromatic rings. The number of carbonyl (C=O) groups excluding carboxylic acids is 1. The zero-order valence-electron chi connectivity index (χ0n) is 12.3. The lowest BCUT2D eigenvalue weighted by atomic mass is 9.86. The van der Waals surface area contributed by atoms with Crippen LogP contribution in [0.5, 0.6) is 0 Å². The Kier molecular flexibility index (Phi) is 4.91. The summed E-state index contributed by atoms with van der Waals surface area (Å²) < 4.78 is 1.41. The normalized spacial score (nSPS) is 24.4. The lowest BCUT2D eigenvalue weighted by Crippen LogP contribution is -2.44. The molecule has 3 N–H and O–H groups in total. The van der Waals surface area contributed by atoms with E-state index in [1.54, 1.807) is 6.92 Å². The number of aryl methyl sites for hydroxylation is 1. The molecule has 0 saturated heterocycles. The minimum Gasteiger partial charge on any atom is -0.352 e. The number of rotatable bonds is 4. The summed E-state index contributed by atoms with van der Waals surface area (Å²) in [6, 6.07) is 0.303. The molecule has 0 aliphatic heterocycles. The third-order valence-electron chi connectivity index (χ3n) is 3.93. The maximum Gasteiger partial charge on any atom is 0.233 e. The number of nitrogen functional groups attached to an aromatic ring is 1. The van der Waals surface area contributed by atoms with Crippen molar-refractivity contribution in [3.05, 3.63) is 5.82 Å². The van der Waals surface area contributed by atoms with E-state index in [0.717, 1.165) is 6.42 Å². The van der Waals surface area contributed by atoms with Gasteiger partial charge >= 0.3 is 0 Å². The summed E-state index contributed by atoms with van der Waals surface area (Å²) in [6.45, 7) is 5.87. The van der Waals surface area contributed by atoms with Crippen molar-refractivity contribution in [2.75, 3.05) is 5.84 Å². The van der Waals surface area contributed by atoms with Gasteiger partial charge in [-0.2, -0.15) is 0 Å². The Bertz CT molecular complexity index is 475. The SMILES string of the molecule is Cc1nnc(S[C@H](C)C(=O)N[C@@H]2CCCC[C@@H]2C)n1N. The Hall–Kier alpha value is -1.24. The Balaban J connectivity index is 1.90. The van der Waals surface area contributed by atoms with E-state index in [-0.39, 0.29) is 11.2 Å². The summed E-state index contributed by atoms with van der Waals surface area (Å²) in [5, 5.41) is 11.4. The van der Waals surface area contributed by atoms with Gasteiger partial charge in [-0.15, -0.1) is 10.2 Å². The van der Waals surface area contributed by atoms with E-state index in [9.17, 15) is 4.79 Å². The standard InChI is InChI=1S/C13H23N5OS/c1-8-6-4-5-7-11(8)15-12(19)9(2)20-13-17-16-10(3)18(13)14/h8-9,11H,4-7,14H2,1-3H3,(H,15,19)/t8-,9+,11+/m0/s1. The summed E-state index contributed by atoms with van der Waals surface area (Å²) in [5.74, 6) is 7.05. The Morgan fingerprint density at radius 3 is 2.75 bits per heavy atom. The number of nitrogens with zero attached hydrogens (tertiary/aromatic N) is 3. The molecule has 1 aromatic heterocycles. The van der Waals surface area contributed by atoms with Crippen LogP contribution in [0.4, 0.5) is 0 Å². The van der Waals surface area contributed by atoms with Gasteiger partial charge in [0, 0.05) is 6.04 Å². The van der Waals surface area contributed by atoms with Crippen LogP contribution in [0.25, 0.3) is 0 Å². The van der Waals surface area contributed by atoms with Crippen molar-refractivity contribution in [1.29, 1.82) is 0 Å². The summed E-state index contributed by atoms with van der Waals surface area (Å²) in [4.78, 5) is 12.2. The van der Waals surface area contributed by atoms with Gasteiger partial charge in [-0.1, -0.05) is 31.5 Å². The molecule has 3 atom stereocenters. The highest BCUT2D eigenvalue weighted by molar-refractivity contribution is 8.00. The highest BCUT2D eigenvalue weighted by Crippen LogP contribution is 2.25. The van der Waals surface area contributed by atoms with Gasteiger partial charge in [0.25, 0.3) is 0 Å². The van der Waals surface area contributed by atoms with Crippen LogP contribution in [0.3, 0.4) is 0 Å². The van der Waals surface area contributed by atoms with Crippen LogP contribution in [0.2, 0.25) is 0 Å². The molecule has 6 nitrogen and oxygen atoms in total. The highest BCUT2D eigenvalue weighted by atomic mass is 32.2. The fraction of sp³-hybridized carbons (Fsp3) is 0.769. The molecule has 1 saturated carbocycles. The van der Waals surface area contributed by atoms with E-state index in [0.29, 0.717) is 22.9 Å². The molecule has 1 aliphatic carbocycles. The number of nitrogens with one attached hydrogen (secondary N) is 1. The van der Waals surface area contributed by atoms with Crippen molar-refractivity contribution in [1.82, 2.24) is 20.2 Å². The number of nitrogens with two attached hydrogens (primary N) is 1. The number of aromatic nitrogens is 3. The molecule has 0 bridgehead atoms. The second kappa shape index (κ2) is 6.47. The predicted molar refractivity (Wildman–Crippen MR) is 79.8 cm³/mol. The van der Waals surface area contributed by atoms with Crippen molar-refractivity contribution in [3.8, 4) is 0 Å². The number of amides is 1. The maximum absolute atomic E-state index is 12.2. The van der Waals surface area contributed by atoms with Gasteiger partial charge in [-0.3, -0.25) is 4.79 Å². The molecular formula is C13H23N5OS. The molecule has 1 aliphatic rings. The molecule has 0 spiro atoms. The largest absolute Gasteiger partial charge is 0.352 e. The first-order chi connectivity index (χ1) is 9.49. The van der Waals surface area contributed by atoms with Crippen molar-refractivity contribution < 1.29 is 4.79 Å². The minimum absolute atomic E-state index is 0.0504. The van der Waals surface area contributed by atoms with E-state index in [1.165, 1.54) is 35.7 Å². The molecule has 1 fully saturated rings. The van der Waals surface area contributed by atoms with Crippen LogP contribution in [0, 0.1) is 12.8 Å². The minimum atomic E-state index is -0.227. The molecule has 20 heavy (non-hydrogen) atoms. The topological polar surface area (TPSA) is 85.8 Å². The van der Waals surface area contributed by atoms with Gasteiger partial charge in [0.1, 0.15) is 5.82 Å². The zero-order valence-corrected chi connectivity index (χ0v) is 13.1. The van der Waals surface area contributed by atoms with Crippen molar-refractivity contribution in [3.63, 3.8) is 0 Å². The molecule has 1 amide bonds. The maximum atomic E-state index is 12.2. The van der Waals surface area contributed by atoms with Crippen molar-refractivity contribution in [2.24, 2.45) is 5.92 Å². The monoisotopic (exact) mass is 297 g/mol. The number of thioether (sulfide) groups is 1. The fourth-order valence-electron chi connectivity index (χ4n) is 2.47. The van der Waals surface area contributed by atoms with E-state index in [1.807, 2.05) is 6.92 Å².